The summed E-state index contributed by atoms with van der Waals surface area (Å²) in [5.41, 5.74) is 4.39. The number of benzene rings is 2. The van der Waals surface area contributed by atoms with Crippen LogP contribution in [0.25, 0.3) is 10.8 Å². The topological polar surface area (TPSA) is 104 Å². The maximum atomic E-state index is 13.3. The molecule has 7 nitrogen and oxygen atoms in total. The Morgan fingerprint density at radius 1 is 0.966 bits per heavy atom. The molecule has 1 aliphatic rings. The van der Waals surface area contributed by atoms with E-state index in [1.807, 2.05) is 0 Å². The van der Waals surface area contributed by atoms with Crippen molar-refractivity contribution >= 4 is 22.6 Å². The van der Waals surface area contributed by atoms with Crippen molar-refractivity contribution in [2.24, 2.45) is 0 Å². The fraction of sp³-hybridized carbons (Fsp3) is 0.238. The Morgan fingerprint density at radius 3 is 2.31 bits per heavy atom. The van der Waals surface area contributed by atoms with Crippen molar-refractivity contribution < 1.29 is 14.0 Å². The molecule has 3 N–H and O–H groups in total. The molecule has 1 aliphatic carbocycles. The molecule has 2 aromatic carbocycles. The number of aromatic amines is 1. The predicted octanol–water partition coefficient (Wildman–Crippen LogP) is 2.34. The first kappa shape index (κ1) is 18.8. The van der Waals surface area contributed by atoms with E-state index in [9.17, 15) is 18.8 Å². The molecule has 3 aromatic rings. The van der Waals surface area contributed by atoms with E-state index in [0.717, 1.165) is 18.4 Å². The summed E-state index contributed by atoms with van der Waals surface area (Å²) in [5, 5.41) is 6.83. The van der Waals surface area contributed by atoms with Crippen LogP contribution >= 0.6 is 0 Å². The van der Waals surface area contributed by atoms with Crippen LogP contribution in [0.2, 0.25) is 0 Å². The summed E-state index contributed by atoms with van der Waals surface area (Å²) in [7, 11) is 0. The minimum atomic E-state index is -0.818. The van der Waals surface area contributed by atoms with E-state index in [4.69, 9.17) is 0 Å². The molecule has 148 valence electrons. The van der Waals surface area contributed by atoms with Crippen molar-refractivity contribution in [3.8, 4) is 0 Å². The summed E-state index contributed by atoms with van der Waals surface area (Å²) in [4.78, 5) is 37.5. The Balaban J connectivity index is 1.56. The van der Waals surface area contributed by atoms with Gasteiger partial charge in [0.2, 0.25) is 5.91 Å². The van der Waals surface area contributed by atoms with Gasteiger partial charge in [0.15, 0.2) is 5.69 Å². The van der Waals surface area contributed by atoms with Gasteiger partial charge in [0.05, 0.1) is 10.8 Å². The summed E-state index contributed by atoms with van der Waals surface area (Å²) in [6, 6.07) is 12.5. The number of nitrogens with zero attached hydrogens (tertiary/aromatic N) is 1. The minimum absolute atomic E-state index is 0.00255. The number of rotatable bonds is 3. The summed E-state index contributed by atoms with van der Waals surface area (Å²) in [6.07, 6.45) is 2.95. The number of carbonyl (C=O) groups excluding carboxylic acids is 2. The predicted molar refractivity (Wildman–Crippen MR) is 105 cm³/mol. The molecule has 0 unspecified atom stereocenters. The second kappa shape index (κ2) is 7.46. The number of fused-ring (bicyclic) bond motifs is 1. The van der Waals surface area contributed by atoms with Crippen LogP contribution in [0.15, 0.2) is 53.3 Å². The van der Waals surface area contributed by atoms with Crippen LogP contribution in [0, 0.1) is 5.82 Å². The first-order valence-corrected chi connectivity index (χ1v) is 9.35. The number of H-pyrrole nitrogens is 1. The van der Waals surface area contributed by atoms with Gasteiger partial charge in [-0.2, -0.15) is 5.10 Å². The third-order valence-electron chi connectivity index (χ3n) is 5.49. The fourth-order valence-corrected chi connectivity index (χ4v) is 3.97. The van der Waals surface area contributed by atoms with Crippen LogP contribution < -0.4 is 16.4 Å². The van der Waals surface area contributed by atoms with Gasteiger partial charge in [-0.25, -0.2) is 9.49 Å². The van der Waals surface area contributed by atoms with Crippen molar-refractivity contribution in [1.29, 1.82) is 0 Å². The molecule has 1 saturated carbocycles. The van der Waals surface area contributed by atoms with Gasteiger partial charge in [-0.15, -0.1) is 0 Å². The van der Waals surface area contributed by atoms with Gasteiger partial charge >= 0.3 is 0 Å². The molecule has 1 heterocycles. The van der Waals surface area contributed by atoms with E-state index in [0.29, 0.717) is 23.6 Å². The number of hydrogen-bond donors (Lipinski definition) is 3. The van der Waals surface area contributed by atoms with E-state index < -0.39 is 16.9 Å². The van der Waals surface area contributed by atoms with Crippen LogP contribution in [-0.4, -0.2) is 22.0 Å². The van der Waals surface area contributed by atoms with Gasteiger partial charge in [0.1, 0.15) is 5.82 Å². The molecule has 29 heavy (non-hydrogen) atoms. The molecular formula is C21H19FN4O3. The number of halogens is 1. The maximum Gasteiger partial charge on any atom is 0.290 e. The highest BCUT2D eigenvalue weighted by atomic mass is 19.1. The summed E-state index contributed by atoms with van der Waals surface area (Å²) >= 11 is 0. The quantitative estimate of drug-likeness (QED) is 0.593. The number of carbonyl (C=O) groups is 2. The average molecular weight is 394 g/mol. The van der Waals surface area contributed by atoms with E-state index >= 15 is 0 Å². The maximum absolute atomic E-state index is 13.3. The average Bonchev–Trinajstić information content (AvgIpc) is 3.24. The molecule has 8 heteroatoms. The van der Waals surface area contributed by atoms with Crippen molar-refractivity contribution in [3.63, 3.8) is 0 Å². The van der Waals surface area contributed by atoms with Gasteiger partial charge in [-0.1, -0.05) is 43.2 Å². The van der Waals surface area contributed by atoms with Gasteiger partial charge in [-0.3, -0.25) is 25.2 Å². The van der Waals surface area contributed by atoms with Crippen molar-refractivity contribution in [3.05, 3.63) is 76.0 Å². The third kappa shape index (κ3) is 3.37. The molecule has 0 atom stereocenters. The summed E-state index contributed by atoms with van der Waals surface area (Å²) < 4.78 is 13.3. The van der Waals surface area contributed by atoms with E-state index in [2.05, 4.69) is 21.0 Å². The number of nitrogens with one attached hydrogen (secondary N) is 3. The van der Waals surface area contributed by atoms with E-state index in [-0.39, 0.29) is 17.4 Å². The number of aromatic nitrogens is 2. The molecular weight excluding hydrogens is 375 g/mol. The van der Waals surface area contributed by atoms with Crippen LogP contribution in [0.3, 0.4) is 0 Å². The number of hydrazine groups is 1. The lowest BCUT2D eigenvalue weighted by atomic mass is 9.78. The Kier molecular flexibility index (Phi) is 4.84. The van der Waals surface area contributed by atoms with Crippen molar-refractivity contribution in [2.75, 3.05) is 0 Å². The lowest BCUT2D eigenvalue weighted by molar-refractivity contribution is -0.127. The highest BCUT2D eigenvalue weighted by Crippen LogP contribution is 2.41. The first-order chi connectivity index (χ1) is 14.0. The fourth-order valence-electron chi connectivity index (χ4n) is 3.97. The third-order valence-corrected chi connectivity index (χ3v) is 5.49. The van der Waals surface area contributed by atoms with E-state index in [1.165, 1.54) is 12.1 Å². The molecule has 0 bridgehead atoms. The first-order valence-electron chi connectivity index (χ1n) is 9.35. The SMILES string of the molecule is O=C(NNC(=O)C1(c2ccc(F)cc2)CCCC1)c1n[nH]c(=O)c2ccccc12. The molecule has 2 amide bonds. The molecule has 0 aliphatic heterocycles. The zero-order valence-corrected chi connectivity index (χ0v) is 15.5. The second-order valence-electron chi connectivity index (χ2n) is 7.15. The standard InChI is InChI=1S/C21H19FN4O3/c22-14-9-7-13(8-10-14)21(11-3-4-12-21)20(29)26-25-19(28)17-15-5-1-2-6-16(15)18(27)24-23-17/h1-2,5-10H,3-4,11-12H2,(H,24,27)(H,25,28)(H,26,29). The largest absolute Gasteiger partial charge is 0.290 e. The molecule has 1 aromatic heterocycles. The lowest BCUT2D eigenvalue weighted by Gasteiger charge is -2.28. The normalized spacial score (nSPS) is 15.2. The zero-order valence-electron chi connectivity index (χ0n) is 15.5. The summed E-state index contributed by atoms with van der Waals surface area (Å²) in [5.74, 6) is -1.37. The number of hydrogen-bond acceptors (Lipinski definition) is 4. The highest BCUT2D eigenvalue weighted by Gasteiger charge is 2.43. The van der Waals surface area contributed by atoms with Gasteiger partial charge in [0, 0.05) is 5.39 Å². The van der Waals surface area contributed by atoms with Crippen LogP contribution in [0.1, 0.15) is 41.7 Å². The zero-order chi connectivity index (χ0) is 20.4. The van der Waals surface area contributed by atoms with Crippen LogP contribution in [0.4, 0.5) is 4.39 Å². The van der Waals surface area contributed by atoms with Gasteiger partial charge in [0.25, 0.3) is 11.5 Å². The van der Waals surface area contributed by atoms with Crippen molar-refractivity contribution in [1.82, 2.24) is 21.0 Å². The van der Waals surface area contributed by atoms with Crippen LogP contribution in [0.5, 0.6) is 0 Å². The molecule has 0 spiro atoms. The number of amides is 2. The van der Waals surface area contributed by atoms with Gasteiger partial charge in [-0.05, 0) is 36.6 Å². The molecule has 0 radical (unpaired) electrons. The highest BCUT2D eigenvalue weighted by molar-refractivity contribution is 6.05. The second-order valence-corrected chi connectivity index (χ2v) is 7.15. The molecule has 1 fully saturated rings. The molecule has 0 saturated heterocycles. The van der Waals surface area contributed by atoms with E-state index in [1.54, 1.807) is 36.4 Å². The van der Waals surface area contributed by atoms with Crippen LogP contribution in [-0.2, 0) is 10.2 Å². The smallest absolute Gasteiger partial charge is 0.272 e. The van der Waals surface area contributed by atoms with Gasteiger partial charge < -0.3 is 0 Å². The summed E-state index contributed by atoms with van der Waals surface area (Å²) in [6.45, 7) is 0. The van der Waals surface area contributed by atoms with Crippen molar-refractivity contribution in [2.45, 2.75) is 31.1 Å². The Bertz CT molecular complexity index is 1130. The Labute approximate surface area is 165 Å². The monoisotopic (exact) mass is 394 g/mol. The molecule has 4 rings (SSSR count). The minimum Gasteiger partial charge on any atom is -0.272 e. The lowest BCUT2D eigenvalue weighted by Crippen LogP contribution is -2.50. The Hall–Kier alpha value is -3.55. The Morgan fingerprint density at radius 2 is 1.62 bits per heavy atom.